The van der Waals surface area contributed by atoms with Crippen molar-refractivity contribution in [2.75, 3.05) is 23.7 Å². The maximum atomic E-state index is 12.7. The van der Waals surface area contributed by atoms with E-state index in [1.54, 1.807) is 30.3 Å². The largest absolute Gasteiger partial charge is 0.341 e. The Kier molecular flexibility index (Phi) is 4.01. The van der Waals surface area contributed by atoms with Crippen LogP contribution in [0.15, 0.2) is 65.4 Å². The molecule has 2 aliphatic heterocycles. The number of amides is 1. The van der Waals surface area contributed by atoms with Crippen molar-refractivity contribution in [1.29, 1.82) is 0 Å². The molecular formula is C20H18N4O2. The monoisotopic (exact) mass is 346 g/mol. The smallest absolute Gasteiger partial charge is 0.221 e. The molecule has 0 spiro atoms. The molecule has 0 aliphatic carbocycles. The molecule has 2 aliphatic rings. The van der Waals surface area contributed by atoms with E-state index in [0.29, 0.717) is 17.8 Å². The Bertz CT molecular complexity index is 945. The van der Waals surface area contributed by atoms with Crippen LogP contribution in [0.25, 0.3) is 0 Å². The van der Waals surface area contributed by atoms with Crippen LogP contribution in [0.3, 0.4) is 0 Å². The molecule has 2 aromatic carbocycles. The Balaban J connectivity index is 1.61. The van der Waals surface area contributed by atoms with Crippen LogP contribution < -0.4 is 10.6 Å². The van der Waals surface area contributed by atoms with Crippen LogP contribution in [-0.2, 0) is 4.79 Å². The number of fused-ring (bicyclic) bond motifs is 3. The summed E-state index contributed by atoms with van der Waals surface area (Å²) in [5.41, 5.74) is 3.23. The number of allylic oxidation sites excluding steroid dienone is 1. The predicted octanol–water partition coefficient (Wildman–Crippen LogP) is 2.86. The molecular weight excluding hydrogens is 328 g/mol. The van der Waals surface area contributed by atoms with E-state index in [2.05, 4.69) is 15.6 Å². The van der Waals surface area contributed by atoms with Crippen molar-refractivity contribution in [3.05, 3.63) is 71.6 Å². The first-order valence-electron chi connectivity index (χ1n) is 8.44. The Labute approximate surface area is 151 Å². The summed E-state index contributed by atoms with van der Waals surface area (Å²) in [6.07, 6.45) is 1.60. The molecule has 6 nitrogen and oxygen atoms in total. The molecule has 1 amide bonds. The highest BCUT2D eigenvalue weighted by molar-refractivity contribution is 6.10. The van der Waals surface area contributed by atoms with Crippen LogP contribution >= 0.6 is 0 Å². The molecule has 0 saturated heterocycles. The fraction of sp³-hybridized carbons (Fsp3) is 0.150. The van der Waals surface area contributed by atoms with E-state index >= 15 is 0 Å². The summed E-state index contributed by atoms with van der Waals surface area (Å²) >= 11 is 0. The number of benzene rings is 2. The number of rotatable bonds is 3. The number of nitrogens with one attached hydrogen (secondary N) is 2. The molecule has 0 fully saturated rings. The number of carbonyl (C=O) groups excluding carboxylic acids is 2. The van der Waals surface area contributed by atoms with Crippen molar-refractivity contribution in [3.8, 4) is 0 Å². The summed E-state index contributed by atoms with van der Waals surface area (Å²) in [6.45, 7) is 2.91. The zero-order valence-electron chi connectivity index (χ0n) is 14.3. The van der Waals surface area contributed by atoms with Gasteiger partial charge in [0.15, 0.2) is 5.78 Å². The van der Waals surface area contributed by atoms with Gasteiger partial charge in [0.25, 0.3) is 0 Å². The number of ketones is 1. The highest BCUT2D eigenvalue weighted by Gasteiger charge is 2.29. The lowest BCUT2D eigenvalue weighted by atomic mass is 10.1. The van der Waals surface area contributed by atoms with Crippen molar-refractivity contribution in [2.45, 2.75) is 6.92 Å². The van der Waals surface area contributed by atoms with Crippen LogP contribution in [0.2, 0.25) is 0 Å². The van der Waals surface area contributed by atoms with E-state index in [1.807, 2.05) is 29.2 Å². The maximum absolute atomic E-state index is 12.7. The van der Waals surface area contributed by atoms with E-state index in [4.69, 9.17) is 0 Å². The summed E-state index contributed by atoms with van der Waals surface area (Å²) in [4.78, 5) is 30.4. The highest BCUT2D eigenvalue weighted by Crippen LogP contribution is 2.29. The number of hydrogen-bond donors (Lipinski definition) is 2. The summed E-state index contributed by atoms with van der Waals surface area (Å²) in [5.74, 6) is 1.39. The molecule has 4 rings (SSSR count). The first kappa shape index (κ1) is 16.1. The SMILES string of the molecule is CC(=O)Nc1ccc(C(=O)C=C2Nc3ccccc3C3=NCCN23)cc1. The average molecular weight is 346 g/mol. The molecule has 130 valence electrons. The molecule has 0 atom stereocenters. The Morgan fingerprint density at radius 1 is 1.15 bits per heavy atom. The third-order valence-corrected chi connectivity index (χ3v) is 4.32. The first-order valence-corrected chi connectivity index (χ1v) is 8.44. The standard InChI is InChI=1S/C20H18N4O2/c1-13(25)22-15-8-6-14(7-9-15)18(26)12-19-23-17-5-3-2-4-16(17)20-21-10-11-24(19)20/h2-9,12,23H,10-11H2,1H3,(H,22,25). The first-order chi connectivity index (χ1) is 12.6. The van der Waals surface area contributed by atoms with Gasteiger partial charge in [0.2, 0.25) is 5.91 Å². The topological polar surface area (TPSA) is 73.8 Å². The van der Waals surface area contributed by atoms with E-state index in [-0.39, 0.29) is 11.7 Å². The molecule has 0 saturated carbocycles. The van der Waals surface area contributed by atoms with Gasteiger partial charge in [-0.05, 0) is 36.4 Å². The van der Waals surface area contributed by atoms with Gasteiger partial charge < -0.3 is 15.5 Å². The summed E-state index contributed by atoms with van der Waals surface area (Å²) in [5, 5.41) is 6.03. The Morgan fingerprint density at radius 2 is 1.92 bits per heavy atom. The van der Waals surface area contributed by atoms with Crippen LogP contribution in [-0.4, -0.2) is 35.5 Å². The van der Waals surface area contributed by atoms with Gasteiger partial charge >= 0.3 is 0 Å². The number of para-hydroxylation sites is 1. The second-order valence-corrected chi connectivity index (χ2v) is 6.18. The lowest BCUT2D eigenvalue weighted by Gasteiger charge is -2.31. The Morgan fingerprint density at radius 3 is 2.69 bits per heavy atom. The molecule has 2 aromatic rings. The van der Waals surface area contributed by atoms with Gasteiger partial charge in [-0.25, -0.2) is 0 Å². The lowest BCUT2D eigenvalue weighted by Crippen LogP contribution is -2.36. The molecule has 2 N–H and O–H groups in total. The van der Waals surface area contributed by atoms with Gasteiger partial charge in [-0.15, -0.1) is 0 Å². The second kappa shape index (κ2) is 6.48. The summed E-state index contributed by atoms with van der Waals surface area (Å²) in [6, 6.07) is 14.8. The summed E-state index contributed by atoms with van der Waals surface area (Å²) < 4.78 is 0. The van der Waals surface area contributed by atoms with Crippen LogP contribution in [0, 0.1) is 0 Å². The number of nitrogens with zero attached hydrogens (tertiary/aromatic N) is 2. The number of anilines is 2. The molecule has 2 heterocycles. The quantitative estimate of drug-likeness (QED) is 0.662. The number of carbonyl (C=O) groups is 2. The van der Waals surface area contributed by atoms with Crippen molar-refractivity contribution >= 4 is 28.9 Å². The van der Waals surface area contributed by atoms with Gasteiger partial charge in [-0.2, -0.15) is 0 Å². The maximum Gasteiger partial charge on any atom is 0.221 e. The zero-order chi connectivity index (χ0) is 18.1. The molecule has 0 bridgehead atoms. The van der Waals surface area contributed by atoms with Crippen molar-refractivity contribution in [1.82, 2.24) is 4.90 Å². The molecule has 26 heavy (non-hydrogen) atoms. The van der Waals surface area contributed by atoms with Gasteiger partial charge in [0.05, 0.1) is 12.2 Å². The minimum atomic E-state index is -0.142. The van der Waals surface area contributed by atoms with Crippen LogP contribution in [0.5, 0.6) is 0 Å². The third kappa shape index (κ3) is 2.97. The number of aliphatic imine (C=N–C) groups is 1. The molecule has 0 aromatic heterocycles. The van der Waals surface area contributed by atoms with E-state index < -0.39 is 0 Å². The number of amidine groups is 1. The van der Waals surface area contributed by atoms with Crippen molar-refractivity contribution in [3.63, 3.8) is 0 Å². The second-order valence-electron chi connectivity index (χ2n) is 6.18. The highest BCUT2D eigenvalue weighted by atomic mass is 16.1. The van der Waals surface area contributed by atoms with Crippen LogP contribution in [0.4, 0.5) is 11.4 Å². The van der Waals surface area contributed by atoms with Gasteiger partial charge in [0.1, 0.15) is 11.7 Å². The van der Waals surface area contributed by atoms with E-state index in [1.165, 1.54) is 6.92 Å². The van der Waals surface area contributed by atoms with E-state index in [9.17, 15) is 9.59 Å². The normalized spacial score (nSPS) is 16.4. The van der Waals surface area contributed by atoms with Gasteiger partial charge in [-0.1, -0.05) is 12.1 Å². The minimum Gasteiger partial charge on any atom is -0.341 e. The van der Waals surface area contributed by atoms with Gasteiger partial charge in [-0.3, -0.25) is 14.6 Å². The lowest BCUT2D eigenvalue weighted by molar-refractivity contribution is -0.114. The van der Waals surface area contributed by atoms with Crippen LogP contribution in [0.1, 0.15) is 22.8 Å². The molecule has 6 heteroatoms. The predicted molar refractivity (Wildman–Crippen MR) is 101 cm³/mol. The van der Waals surface area contributed by atoms with Crippen molar-refractivity contribution < 1.29 is 9.59 Å². The van der Waals surface area contributed by atoms with Gasteiger partial charge in [0, 0.05) is 36.4 Å². The van der Waals surface area contributed by atoms with E-state index in [0.717, 1.165) is 29.5 Å². The number of hydrogen-bond acceptors (Lipinski definition) is 5. The fourth-order valence-corrected chi connectivity index (χ4v) is 3.15. The fourth-order valence-electron chi connectivity index (χ4n) is 3.15. The zero-order valence-corrected chi connectivity index (χ0v) is 14.3. The minimum absolute atomic E-state index is 0.104. The molecule has 0 radical (unpaired) electrons. The third-order valence-electron chi connectivity index (χ3n) is 4.32. The summed E-state index contributed by atoms with van der Waals surface area (Å²) in [7, 11) is 0. The molecule has 0 unspecified atom stereocenters. The van der Waals surface area contributed by atoms with Crippen molar-refractivity contribution in [2.24, 2.45) is 4.99 Å². The average Bonchev–Trinajstić information content (AvgIpc) is 3.12. The Hall–Kier alpha value is -3.41.